The van der Waals surface area contributed by atoms with Gasteiger partial charge in [-0.25, -0.2) is 9.59 Å². The molecule has 0 atom stereocenters. The lowest BCUT2D eigenvalue weighted by Crippen LogP contribution is -2.20. The molecule has 0 aliphatic heterocycles. The second-order valence-electron chi connectivity index (χ2n) is 4.78. The Kier molecular flexibility index (Phi) is 4.23. The second-order valence-corrected chi connectivity index (χ2v) is 4.78. The highest BCUT2D eigenvalue weighted by atomic mass is 16.4. The third kappa shape index (κ3) is 3.82. The van der Waals surface area contributed by atoms with E-state index in [9.17, 15) is 9.59 Å². The first kappa shape index (κ1) is 14.6. The average Bonchev–Trinajstić information content (AvgIpc) is 2.42. The van der Waals surface area contributed by atoms with Crippen LogP contribution in [0.5, 0.6) is 0 Å². The van der Waals surface area contributed by atoms with Crippen LogP contribution in [0.15, 0.2) is 42.5 Å². The molecule has 3 N–H and O–H groups in total. The molecule has 5 heteroatoms. The van der Waals surface area contributed by atoms with Gasteiger partial charge in [0.2, 0.25) is 0 Å². The van der Waals surface area contributed by atoms with Crippen molar-refractivity contribution in [3.8, 4) is 0 Å². The smallest absolute Gasteiger partial charge is 0.335 e. The molecule has 21 heavy (non-hydrogen) atoms. The number of benzene rings is 2. The second kappa shape index (κ2) is 6.09. The number of hydrogen-bond acceptors (Lipinski definition) is 2. The number of nitrogens with one attached hydrogen (secondary N) is 2. The molecule has 0 fully saturated rings. The van der Waals surface area contributed by atoms with Gasteiger partial charge in [-0.05, 0) is 49.7 Å². The van der Waals surface area contributed by atoms with Crippen LogP contribution in [-0.2, 0) is 0 Å². The summed E-state index contributed by atoms with van der Waals surface area (Å²) in [5.74, 6) is -0.999. The number of aromatic carboxylic acids is 1. The number of rotatable bonds is 3. The molecule has 2 aromatic rings. The van der Waals surface area contributed by atoms with Crippen molar-refractivity contribution in [1.82, 2.24) is 0 Å². The van der Waals surface area contributed by atoms with E-state index in [-0.39, 0.29) is 11.6 Å². The van der Waals surface area contributed by atoms with Crippen molar-refractivity contribution in [2.24, 2.45) is 0 Å². The normalized spacial score (nSPS) is 10.0. The van der Waals surface area contributed by atoms with E-state index in [1.165, 1.54) is 12.1 Å². The fourth-order valence-electron chi connectivity index (χ4n) is 1.93. The lowest BCUT2D eigenvalue weighted by atomic mass is 10.1. The largest absolute Gasteiger partial charge is 0.478 e. The van der Waals surface area contributed by atoms with Crippen LogP contribution in [0.3, 0.4) is 0 Å². The molecule has 108 valence electrons. The van der Waals surface area contributed by atoms with Gasteiger partial charge in [0.15, 0.2) is 0 Å². The highest BCUT2D eigenvalue weighted by molar-refractivity contribution is 6.00. The summed E-state index contributed by atoms with van der Waals surface area (Å²) in [6.07, 6.45) is 0. The van der Waals surface area contributed by atoms with E-state index in [4.69, 9.17) is 5.11 Å². The Morgan fingerprint density at radius 2 is 1.62 bits per heavy atom. The predicted molar refractivity (Wildman–Crippen MR) is 82.0 cm³/mol. The Hall–Kier alpha value is -2.82. The van der Waals surface area contributed by atoms with Crippen LogP contribution in [0.25, 0.3) is 0 Å². The molecule has 0 saturated heterocycles. The van der Waals surface area contributed by atoms with Gasteiger partial charge in [-0.3, -0.25) is 0 Å². The molecule has 2 rings (SSSR count). The molecule has 2 amide bonds. The fourth-order valence-corrected chi connectivity index (χ4v) is 1.93. The monoisotopic (exact) mass is 284 g/mol. The first-order chi connectivity index (χ1) is 9.95. The number of anilines is 2. The maximum absolute atomic E-state index is 11.9. The Morgan fingerprint density at radius 1 is 0.952 bits per heavy atom. The van der Waals surface area contributed by atoms with Crippen LogP contribution in [-0.4, -0.2) is 17.1 Å². The number of aryl methyl sites for hydroxylation is 2. The molecule has 5 nitrogen and oxygen atoms in total. The zero-order chi connectivity index (χ0) is 15.4. The van der Waals surface area contributed by atoms with E-state index >= 15 is 0 Å². The number of carboxylic acids is 1. The van der Waals surface area contributed by atoms with Crippen LogP contribution < -0.4 is 10.6 Å². The van der Waals surface area contributed by atoms with Gasteiger partial charge in [0, 0.05) is 11.4 Å². The van der Waals surface area contributed by atoms with Gasteiger partial charge < -0.3 is 15.7 Å². The standard InChI is InChI=1S/C16H16N2O3/c1-10-3-8-14(11(2)9-10)18-16(21)17-13-6-4-12(5-7-13)15(19)20/h3-9H,1-2H3,(H,19,20)(H2,17,18,21). The minimum atomic E-state index is -0.999. The van der Waals surface area contributed by atoms with Crippen LogP contribution >= 0.6 is 0 Å². The summed E-state index contributed by atoms with van der Waals surface area (Å²) >= 11 is 0. The van der Waals surface area contributed by atoms with E-state index in [0.29, 0.717) is 5.69 Å². The maximum Gasteiger partial charge on any atom is 0.335 e. The lowest BCUT2D eigenvalue weighted by molar-refractivity contribution is 0.0697. The third-order valence-corrected chi connectivity index (χ3v) is 3.02. The summed E-state index contributed by atoms with van der Waals surface area (Å²) < 4.78 is 0. The Balaban J connectivity index is 2.02. The average molecular weight is 284 g/mol. The Labute approximate surface area is 122 Å². The quantitative estimate of drug-likeness (QED) is 0.805. The minimum Gasteiger partial charge on any atom is -0.478 e. The van der Waals surface area contributed by atoms with Crippen molar-refractivity contribution in [3.05, 3.63) is 59.2 Å². The zero-order valence-corrected chi connectivity index (χ0v) is 11.8. The highest BCUT2D eigenvalue weighted by Gasteiger charge is 2.06. The molecule has 0 spiro atoms. The van der Waals surface area contributed by atoms with Crippen LogP contribution in [0.4, 0.5) is 16.2 Å². The first-order valence-electron chi connectivity index (χ1n) is 6.44. The molecule has 2 aromatic carbocycles. The number of carboxylic acid groups (broad SMARTS) is 1. The van der Waals surface area contributed by atoms with E-state index < -0.39 is 5.97 Å². The molecular weight excluding hydrogens is 268 g/mol. The summed E-state index contributed by atoms with van der Waals surface area (Å²) in [5.41, 5.74) is 3.55. The summed E-state index contributed by atoms with van der Waals surface area (Å²) in [7, 11) is 0. The number of amides is 2. The topological polar surface area (TPSA) is 78.4 Å². The molecule has 0 radical (unpaired) electrons. The molecule has 0 heterocycles. The van der Waals surface area contributed by atoms with Crippen molar-refractivity contribution in [2.45, 2.75) is 13.8 Å². The van der Waals surface area contributed by atoms with Gasteiger partial charge in [-0.1, -0.05) is 17.7 Å². The third-order valence-electron chi connectivity index (χ3n) is 3.02. The molecule has 0 unspecified atom stereocenters. The molecule has 0 aliphatic carbocycles. The lowest BCUT2D eigenvalue weighted by Gasteiger charge is -2.10. The van der Waals surface area contributed by atoms with Gasteiger partial charge in [-0.15, -0.1) is 0 Å². The fraction of sp³-hybridized carbons (Fsp3) is 0.125. The van der Waals surface area contributed by atoms with E-state index in [1.807, 2.05) is 32.0 Å². The molecule has 0 aromatic heterocycles. The van der Waals surface area contributed by atoms with E-state index in [2.05, 4.69) is 10.6 Å². The maximum atomic E-state index is 11.9. The van der Waals surface area contributed by atoms with Crippen LogP contribution in [0, 0.1) is 13.8 Å². The zero-order valence-electron chi connectivity index (χ0n) is 11.8. The van der Waals surface area contributed by atoms with Gasteiger partial charge in [0.25, 0.3) is 0 Å². The molecule has 0 bridgehead atoms. The number of urea groups is 1. The molecular formula is C16H16N2O3. The Bertz CT molecular complexity index is 678. The van der Waals surface area contributed by atoms with Crippen molar-refractivity contribution in [2.75, 3.05) is 10.6 Å². The van der Waals surface area contributed by atoms with Crippen LogP contribution in [0.2, 0.25) is 0 Å². The van der Waals surface area contributed by atoms with Gasteiger partial charge in [-0.2, -0.15) is 0 Å². The summed E-state index contributed by atoms with van der Waals surface area (Å²) in [4.78, 5) is 22.6. The van der Waals surface area contributed by atoms with Crippen LogP contribution in [0.1, 0.15) is 21.5 Å². The van der Waals surface area contributed by atoms with Crippen molar-refractivity contribution in [1.29, 1.82) is 0 Å². The van der Waals surface area contributed by atoms with Gasteiger partial charge in [0.1, 0.15) is 0 Å². The summed E-state index contributed by atoms with van der Waals surface area (Å²) in [6, 6.07) is 11.4. The summed E-state index contributed by atoms with van der Waals surface area (Å²) in [5, 5.41) is 14.2. The number of carbonyl (C=O) groups is 2. The number of hydrogen-bond donors (Lipinski definition) is 3. The van der Waals surface area contributed by atoms with Crippen molar-refractivity contribution >= 4 is 23.4 Å². The minimum absolute atomic E-state index is 0.176. The van der Waals surface area contributed by atoms with E-state index in [0.717, 1.165) is 16.8 Å². The van der Waals surface area contributed by atoms with E-state index in [1.54, 1.807) is 12.1 Å². The Morgan fingerprint density at radius 3 is 2.19 bits per heavy atom. The highest BCUT2D eigenvalue weighted by Crippen LogP contribution is 2.17. The van der Waals surface area contributed by atoms with Gasteiger partial charge in [0.05, 0.1) is 5.56 Å². The SMILES string of the molecule is Cc1ccc(NC(=O)Nc2ccc(C(=O)O)cc2)c(C)c1. The molecule has 0 aliphatic rings. The van der Waals surface area contributed by atoms with Gasteiger partial charge >= 0.3 is 12.0 Å². The van der Waals surface area contributed by atoms with Crippen molar-refractivity contribution < 1.29 is 14.7 Å². The van der Waals surface area contributed by atoms with Crippen molar-refractivity contribution in [3.63, 3.8) is 0 Å². The molecule has 0 saturated carbocycles. The number of carbonyl (C=O) groups excluding carboxylic acids is 1. The first-order valence-corrected chi connectivity index (χ1v) is 6.44. The predicted octanol–water partition coefficient (Wildman–Crippen LogP) is 3.65. The summed E-state index contributed by atoms with van der Waals surface area (Å²) in [6.45, 7) is 3.91.